The highest BCUT2D eigenvalue weighted by Crippen LogP contribution is 2.25. The predicted octanol–water partition coefficient (Wildman–Crippen LogP) is 2.08. The standard InChI is InChI=1S/C7H11NOS2/c1-2-8-5-7-6(9-10)3-4-11-7/h3-4,8,10H,2,5H2,1H3. The molecule has 2 nitrogen and oxygen atoms in total. The summed E-state index contributed by atoms with van der Waals surface area (Å²) < 4.78 is 4.85. The number of rotatable bonds is 4. The predicted molar refractivity (Wildman–Crippen MR) is 51.3 cm³/mol. The normalized spacial score (nSPS) is 10.0. The molecule has 11 heavy (non-hydrogen) atoms. The molecule has 0 radical (unpaired) electrons. The smallest absolute Gasteiger partial charge is 0.152 e. The molecule has 4 heteroatoms. The Hall–Kier alpha value is -0.190. The van der Waals surface area contributed by atoms with Crippen LogP contribution in [0.25, 0.3) is 0 Å². The first kappa shape index (κ1) is 8.90. The molecule has 1 N–H and O–H groups in total. The molecule has 0 atom stereocenters. The van der Waals surface area contributed by atoms with Gasteiger partial charge in [-0.1, -0.05) is 6.92 Å². The summed E-state index contributed by atoms with van der Waals surface area (Å²) in [4.78, 5) is 1.20. The van der Waals surface area contributed by atoms with E-state index in [-0.39, 0.29) is 0 Å². The van der Waals surface area contributed by atoms with Crippen LogP contribution in [0, 0.1) is 0 Å². The summed E-state index contributed by atoms with van der Waals surface area (Å²) in [5.74, 6) is 0.860. The minimum absolute atomic E-state index is 0.860. The van der Waals surface area contributed by atoms with Crippen LogP contribution >= 0.6 is 24.2 Å². The van der Waals surface area contributed by atoms with Gasteiger partial charge in [0, 0.05) is 19.5 Å². The van der Waals surface area contributed by atoms with Crippen molar-refractivity contribution in [2.75, 3.05) is 6.54 Å². The van der Waals surface area contributed by atoms with Gasteiger partial charge in [-0.05, 0) is 18.0 Å². The maximum absolute atomic E-state index is 4.85. The lowest BCUT2D eigenvalue weighted by Crippen LogP contribution is -2.10. The third-order valence-corrected chi connectivity index (χ3v) is 2.44. The van der Waals surface area contributed by atoms with E-state index in [0.29, 0.717) is 0 Å². The number of thiol groups is 1. The van der Waals surface area contributed by atoms with Crippen molar-refractivity contribution in [3.8, 4) is 5.75 Å². The summed E-state index contributed by atoms with van der Waals surface area (Å²) in [6.07, 6.45) is 0. The lowest BCUT2D eigenvalue weighted by Gasteiger charge is -2.00. The van der Waals surface area contributed by atoms with E-state index in [4.69, 9.17) is 4.18 Å². The molecule has 0 amide bonds. The minimum atomic E-state index is 0.860. The molecule has 0 spiro atoms. The van der Waals surface area contributed by atoms with Gasteiger partial charge in [0.1, 0.15) is 0 Å². The Morgan fingerprint density at radius 3 is 3.18 bits per heavy atom. The molecule has 62 valence electrons. The molecular weight excluding hydrogens is 178 g/mol. The molecule has 0 aromatic carbocycles. The van der Waals surface area contributed by atoms with Gasteiger partial charge in [-0.25, -0.2) is 0 Å². The van der Waals surface area contributed by atoms with Crippen molar-refractivity contribution in [1.82, 2.24) is 5.32 Å². The average Bonchev–Trinajstić information content (AvgIpc) is 2.47. The van der Waals surface area contributed by atoms with Gasteiger partial charge in [-0.2, -0.15) is 0 Å². The zero-order valence-electron chi connectivity index (χ0n) is 6.33. The fraction of sp³-hybridized carbons (Fsp3) is 0.429. The van der Waals surface area contributed by atoms with Crippen LogP contribution in [-0.4, -0.2) is 6.54 Å². The van der Waals surface area contributed by atoms with Gasteiger partial charge in [0.15, 0.2) is 5.75 Å². The quantitative estimate of drug-likeness (QED) is 0.559. The van der Waals surface area contributed by atoms with Crippen LogP contribution < -0.4 is 9.50 Å². The SMILES string of the molecule is CCNCc1sccc1OS. The van der Waals surface area contributed by atoms with Crippen molar-refractivity contribution in [2.45, 2.75) is 13.5 Å². The van der Waals surface area contributed by atoms with Gasteiger partial charge in [-0.3, -0.25) is 0 Å². The Labute approximate surface area is 76.2 Å². The molecule has 0 saturated carbocycles. The van der Waals surface area contributed by atoms with Crippen LogP contribution in [0.15, 0.2) is 11.4 Å². The third-order valence-electron chi connectivity index (χ3n) is 1.34. The summed E-state index contributed by atoms with van der Waals surface area (Å²) in [7, 11) is 0. The van der Waals surface area contributed by atoms with Gasteiger partial charge in [0.05, 0.1) is 4.88 Å². The van der Waals surface area contributed by atoms with Crippen molar-refractivity contribution in [3.05, 3.63) is 16.3 Å². The molecule has 1 aromatic rings. The van der Waals surface area contributed by atoms with Crippen LogP contribution in [0.5, 0.6) is 5.75 Å². The Morgan fingerprint density at radius 2 is 2.55 bits per heavy atom. The van der Waals surface area contributed by atoms with Gasteiger partial charge in [-0.15, -0.1) is 11.3 Å². The van der Waals surface area contributed by atoms with Gasteiger partial charge in [0.2, 0.25) is 0 Å². The first-order valence-electron chi connectivity index (χ1n) is 3.47. The number of hydrogen-bond acceptors (Lipinski definition) is 4. The molecule has 1 rings (SSSR count). The second-order valence-electron chi connectivity index (χ2n) is 2.08. The van der Waals surface area contributed by atoms with Crippen LogP contribution in [0.4, 0.5) is 0 Å². The summed E-state index contributed by atoms with van der Waals surface area (Å²) in [5, 5.41) is 5.22. The molecular formula is C7H11NOS2. The highest BCUT2D eigenvalue weighted by Gasteiger charge is 2.02. The molecule has 0 fully saturated rings. The zero-order valence-corrected chi connectivity index (χ0v) is 8.04. The van der Waals surface area contributed by atoms with Crippen molar-refractivity contribution < 1.29 is 4.18 Å². The second-order valence-corrected chi connectivity index (χ2v) is 3.26. The highest BCUT2D eigenvalue weighted by molar-refractivity contribution is 7.75. The van der Waals surface area contributed by atoms with Crippen molar-refractivity contribution in [1.29, 1.82) is 0 Å². The largest absolute Gasteiger partial charge is 0.428 e. The number of hydrogen-bond donors (Lipinski definition) is 2. The fourth-order valence-corrected chi connectivity index (χ4v) is 1.78. The van der Waals surface area contributed by atoms with E-state index >= 15 is 0 Å². The van der Waals surface area contributed by atoms with E-state index in [1.807, 2.05) is 11.4 Å². The monoisotopic (exact) mass is 189 g/mol. The van der Waals surface area contributed by atoms with Crippen molar-refractivity contribution >= 4 is 24.2 Å². The summed E-state index contributed by atoms with van der Waals surface area (Å²) >= 11 is 5.42. The third kappa shape index (κ3) is 2.39. The summed E-state index contributed by atoms with van der Waals surface area (Å²) in [5.41, 5.74) is 0. The van der Waals surface area contributed by atoms with Crippen LogP contribution in [0.1, 0.15) is 11.8 Å². The van der Waals surface area contributed by atoms with Gasteiger partial charge >= 0.3 is 0 Å². The molecule has 0 aliphatic heterocycles. The van der Waals surface area contributed by atoms with E-state index in [1.54, 1.807) is 11.3 Å². The first-order chi connectivity index (χ1) is 5.38. The first-order valence-corrected chi connectivity index (χ1v) is 4.71. The Morgan fingerprint density at radius 1 is 1.73 bits per heavy atom. The molecule has 0 aliphatic carbocycles. The number of nitrogens with one attached hydrogen (secondary N) is 1. The van der Waals surface area contributed by atoms with E-state index < -0.39 is 0 Å². The number of thiophene rings is 1. The summed E-state index contributed by atoms with van der Waals surface area (Å²) in [6.45, 7) is 3.92. The van der Waals surface area contributed by atoms with Gasteiger partial charge in [0.25, 0.3) is 0 Å². The molecule has 1 aromatic heterocycles. The Balaban J connectivity index is 2.54. The van der Waals surface area contributed by atoms with Crippen LogP contribution in [-0.2, 0) is 6.54 Å². The lowest BCUT2D eigenvalue weighted by atomic mass is 10.4. The molecule has 1 heterocycles. The fourth-order valence-electron chi connectivity index (χ4n) is 0.778. The van der Waals surface area contributed by atoms with Crippen LogP contribution in [0.3, 0.4) is 0 Å². The van der Waals surface area contributed by atoms with Crippen LogP contribution in [0.2, 0.25) is 0 Å². The Bertz CT molecular complexity index is 212. The molecule has 0 aliphatic rings. The van der Waals surface area contributed by atoms with Crippen molar-refractivity contribution in [3.63, 3.8) is 0 Å². The van der Waals surface area contributed by atoms with E-state index in [2.05, 4.69) is 25.2 Å². The van der Waals surface area contributed by atoms with E-state index in [9.17, 15) is 0 Å². The highest BCUT2D eigenvalue weighted by atomic mass is 32.1. The summed E-state index contributed by atoms with van der Waals surface area (Å²) in [6, 6.07) is 1.92. The maximum Gasteiger partial charge on any atom is 0.152 e. The molecule has 0 saturated heterocycles. The minimum Gasteiger partial charge on any atom is -0.428 e. The average molecular weight is 189 g/mol. The molecule has 0 unspecified atom stereocenters. The molecule has 0 bridgehead atoms. The second kappa shape index (κ2) is 4.64. The maximum atomic E-state index is 4.85. The van der Waals surface area contributed by atoms with Gasteiger partial charge < -0.3 is 9.50 Å². The lowest BCUT2D eigenvalue weighted by molar-refractivity contribution is 0.637. The topological polar surface area (TPSA) is 21.3 Å². The van der Waals surface area contributed by atoms with E-state index in [1.165, 1.54) is 4.88 Å². The Kier molecular flexibility index (Phi) is 3.76. The van der Waals surface area contributed by atoms with Crippen molar-refractivity contribution in [2.24, 2.45) is 0 Å². The van der Waals surface area contributed by atoms with E-state index in [0.717, 1.165) is 18.8 Å². The zero-order chi connectivity index (χ0) is 8.10.